The molecule has 7 heteroatoms. The number of aryl methyl sites for hydroxylation is 2. The predicted octanol–water partition coefficient (Wildman–Crippen LogP) is 4.89. The molecule has 0 aliphatic heterocycles. The van der Waals surface area contributed by atoms with Crippen molar-refractivity contribution in [3.8, 4) is 16.4 Å². The number of hydrogen-bond acceptors (Lipinski definition) is 6. The van der Waals surface area contributed by atoms with Gasteiger partial charge in [0, 0.05) is 18.1 Å². The molecule has 126 valence electrons. The molecule has 25 heavy (non-hydrogen) atoms. The maximum absolute atomic E-state index is 5.35. The van der Waals surface area contributed by atoms with Crippen molar-refractivity contribution in [3.63, 3.8) is 0 Å². The molecular weight excluding hydrogens is 352 g/mol. The van der Waals surface area contributed by atoms with Crippen LogP contribution in [0.5, 0.6) is 0 Å². The molecule has 0 fully saturated rings. The first kappa shape index (κ1) is 16.1. The number of benzene rings is 1. The van der Waals surface area contributed by atoms with Crippen LogP contribution < -0.4 is 0 Å². The van der Waals surface area contributed by atoms with E-state index in [4.69, 9.17) is 4.52 Å². The van der Waals surface area contributed by atoms with E-state index in [0.717, 1.165) is 15.7 Å². The normalized spacial score (nSPS) is 11.1. The minimum Gasteiger partial charge on any atom is -0.338 e. The van der Waals surface area contributed by atoms with E-state index in [0.29, 0.717) is 17.5 Å². The number of imidazole rings is 1. The third kappa shape index (κ3) is 3.38. The van der Waals surface area contributed by atoms with Crippen LogP contribution in [-0.2, 0) is 5.75 Å². The lowest BCUT2D eigenvalue weighted by atomic mass is 10.1. The molecule has 0 saturated carbocycles. The Labute approximate surface area is 153 Å². The van der Waals surface area contributed by atoms with E-state index in [1.54, 1.807) is 23.1 Å². The summed E-state index contributed by atoms with van der Waals surface area (Å²) in [5.74, 6) is 1.83. The molecule has 0 amide bonds. The van der Waals surface area contributed by atoms with Crippen LogP contribution in [0.25, 0.3) is 16.4 Å². The minimum absolute atomic E-state index is 0.584. The van der Waals surface area contributed by atoms with Crippen LogP contribution in [0.4, 0.5) is 0 Å². The number of nitrogens with zero attached hydrogens (tertiary/aromatic N) is 4. The number of rotatable bonds is 5. The molecule has 0 aliphatic rings. The third-order valence-electron chi connectivity index (χ3n) is 3.91. The highest BCUT2D eigenvalue weighted by molar-refractivity contribution is 7.98. The fourth-order valence-corrected chi connectivity index (χ4v) is 3.87. The lowest BCUT2D eigenvalue weighted by Crippen LogP contribution is -1.96. The first-order chi connectivity index (χ1) is 12.2. The first-order valence-electron chi connectivity index (χ1n) is 7.81. The van der Waals surface area contributed by atoms with E-state index >= 15 is 0 Å². The van der Waals surface area contributed by atoms with E-state index in [9.17, 15) is 0 Å². The van der Waals surface area contributed by atoms with Gasteiger partial charge < -0.3 is 4.52 Å². The molecule has 4 aromatic rings. The maximum Gasteiger partial charge on any atom is 0.237 e. The lowest BCUT2D eigenvalue weighted by Gasteiger charge is -2.09. The zero-order valence-electron chi connectivity index (χ0n) is 13.8. The first-order valence-corrected chi connectivity index (χ1v) is 9.67. The summed E-state index contributed by atoms with van der Waals surface area (Å²) in [4.78, 5) is 9.92. The van der Waals surface area contributed by atoms with Gasteiger partial charge in [0.05, 0.1) is 10.6 Å². The summed E-state index contributed by atoms with van der Waals surface area (Å²) in [7, 11) is 0. The number of thiophene rings is 1. The summed E-state index contributed by atoms with van der Waals surface area (Å²) < 4.78 is 7.43. The summed E-state index contributed by atoms with van der Waals surface area (Å²) >= 11 is 3.18. The summed E-state index contributed by atoms with van der Waals surface area (Å²) in [6.07, 6.45) is 3.78. The van der Waals surface area contributed by atoms with Gasteiger partial charge in [0.1, 0.15) is 0 Å². The molecule has 0 radical (unpaired) electrons. The largest absolute Gasteiger partial charge is 0.338 e. The number of aromatic nitrogens is 4. The van der Waals surface area contributed by atoms with Crippen molar-refractivity contribution in [1.82, 2.24) is 19.7 Å². The lowest BCUT2D eigenvalue weighted by molar-refractivity contribution is 0.391. The van der Waals surface area contributed by atoms with Crippen molar-refractivity contribution in [3.05, 3.63) is 65.1 Å². The highest BCUT2D eigenvalue weighted by Crippen LogP contribution is 2.26. The Morgan fingerprint density at radius 2 is 2.12 bits per heavy atom. The summed E-state index contributed by atoms with van der Waals surface area (Å²) in [6, 6.07) is 10.4. The summed E-state index contributed by atoms with van der Waals surface area (Å²) in [5.41, 5.74) is 3.65. The average molecular weight is 368 g/mol. The standard InChI is InChI=1S/C18H16N4OS2/c1-12-5-6-14(10-13(12)2)22-8-7-19-18(22)25-11-16-20-17(21-23-16)15-4-3-9-24-15/h3-10H,11H2,1-2H3. The second-order valence-electron chi connectivity index (χ2n) is 5.63. The molecule has 0 spiro atoms. The zero-order valence-corrected chi connectivity index (χ0v) is 15.5. The monoisotopic (exact) mass is 368 g/mol. The second-order valence-corrected chi connectivity index (χ2v) is 7.52. The van der Waals surface area contributed by atoms with E-state index in [2.05, 4.69) is 51.7 Å². The fourth-order valence-electron chi connectivity index (χ4n) is 2.41. The van der Waals surface area contributed by atoms with Crippen LogP contribution in [0.2, 0.25) is 0 Å². The van der Waals surface area contributed by atoms with Gasteiger partial charge in [-0.2, -0.15) is 4.98 Å². The molecule has 0 aliphatic carbocycles. The quantitative estimate of drug-likeness (QED) is 0.469. The van der Waals surface area contributed by atoms with Gasteiger partial charge in [-0.1, -0.05) is 29.1 Å². The Bertz CT molecular complexity index is 988. The smallest absolute Gasteiger partial charge is 0.237 e. The Hall–Kier alpha value is -2.38. The predicted molar refractivity (Wildman–Crippen MR) is 100 cm³/mol. The molecular formula is C18H16N4OS2. The van der Waals surface area contributed by atoms with E-state index in [-0.39, 0.29) is 0 Å². The Kier molecular flexibility index (Phi) is 4.42. The van der Waals surface area contributed by atoms with Gasteiger partial charge in [-0.15, -0.1) is 11.3 Å². The number of hydrogen-bond donors (Lipinski definition) is 0. The Morgan fingerprint density at radius 3 is 2.92 bits per heavy atom. The van der Waals surface area contributed by atoms with Crippen LogP contribution in [-0.4, -0.2) is 19.7 Å². The molecule has 5 nitrogen and oxygen atoms in total. The van der Waals surface area contributed by atoms with Gasteiger partial charge in [0.15, 0.2) is 5.16 Å². The number of thioether (sulfide) groups is 1. The molecule has 0 atom stereocenters. The average Bonchev–Trinajstić information content (AvgIpc) is 3.36. The Balaban J connectivity index is 1.51. The fraction of sp³-hybridized carbons (Fsp3) is 0.167. The highest BCUT2D eigenvalue weighted by atomic mass is 32.2. The minimum atomic E-state index is 0.584. The van der Waals surface area contributed by atoms with Crippen molar-refractivity contribution >= 4 is 23.1 Å². The second kappa shape index (κ2) is 6.85. The molecule has 0 N–H and O–H groups in total. The topological polar surface area (TPSA) is 56.7 Å². The van der Waals surface area contributed by atoms with Crippen LogP contribution in [0.15, 0.2) is 57.8 Å². The van der Waals surface area contributed by atoms with E-state index in [1.165, 1.54) is 11.1 Å². The van der Waals surface area contributed by atoms with Gasteiger partial charge in [0.2, 0.25) is 11.7 Å². The van der Waals surface area contributed by atoms with Gasteiger partial charge in [-0.25, -0.2) is 4.98 Å². The summed E-state index contributed by atoms with van der Waals surface area (Å²) in [5, 5.41) is 6.95. The molecule has 0 saturated heterocycles. The van der Waals surface area contributed by atoms with Crippen molar-refractivity contribution in [2.75, 3.05) is 0 Å². The van der Waals surface area contributed by atoms with Crippen molar-refractivity contribution in [2.45, 2.75) is 24.8 Å². The molecule has 3 aromatic heterocycles. The van der Waals surface area contributed by atoms with Gasteiger partial charge >= 0.3 is 0 Å². The van der Waals surface area contributed by atoms with Crippen molar-refractivity contribution in [1.29, 1.82) is 0 Å². The van der Waals surface area contributed by atoms with Crippen LogP contribution in [0.3, 0.4) is 0 Å². The van der Waals surface area contributed by atoms with Crippen molar-refractivity contribution < 1.29 is 4.52 Å². The van der Waals surface area contributed by atoms with Crippen molar-refractivity contribution in [2.24, 2.45) is 0 Å². The SMILES string of the molecule is Cc1ccc(-n2ccnc2SCc2nc(-c3cccs3)no2)cc1C. The van der Waals surface area contributed by atoms with Gasteiger partial charge in [0.25, 0.3) is 0 Å². The van der Waals surface area contributed by atoms with E-state index < -0.39 is 0 Å². The van der Waals surface area contributed by atoms with Crippen LogP contribution in [0.1, 0.15) is 17.0 Å². The molecule has 4 rings (SSSR count). The highest BCUT2D eigenvalue weighted by Gasteiger charge is 2.12. The molecule has 0 bridgehead atoms. The van der Waals surface area contributed by atoms with Crippen LogP contribution >= 0.6 is 23.1 Å². The zero-order chi connectivity index (χ0) is 17.2. The van der Waals surface area contributed by atoms with Gasteiger partial charge in [-0.3, -0.25) is 4.57 Å². The maximum atomic E-state index is 5.35. The third-order valence-corrected chi connectivity index (χ3v) is 5.73. The molecule has 3 heterocycles. The van der Waals surface area contributed by atoms with E-state index in [1.807, 2.05) is 29.9 Å². The molecule has 0 unspecified atom stereocenters. The Morgan fingerprint density at radius 1 is 1.20 bits per heavy atom. The van der Waals surface area contributed by atoms with Crippen LogP contribution in [0, 0.1) is 13.8 Å². The summed E-state index contributed by atoms with van der Waals surface area (Å²) in [6.45, 7) is 4.23. The van der Waals surface area contributed by atoms with Gasteiger partial charge in [-0.05, 0) is 48.6 Å². The molecule has 1 aromatic carbocycles.